The number of H-pyrrole nitrogens is 1. The third-order valence-electron chi connectivity index (χ3n) is 3.68. The molecule has 1 aliphatic rings. The van der Waals surface area contributed by atoms with Crippen molar-refractivity contribution in [2.45, 2.75) is 45.6 Å². The molecule has 0 aliphatic heterocycles. The highest BCUT2D eigenvalue weighted by molar-refractivity contribution is 4.96. The van der Waals surface area contributed by atoms with Crippen molar-refractivity contribution in [3.8, 4) is 0 Å². The van der Waals surface area contributed by atoms with Gasteiger partial charge in [-0.05, 0) is 31.2 Å². The van der Waals surface area contributed by atoms with Gasteiger partial charge in [0.15, 0.2) is 0 Å². The molecule has 1 fully saturated rings. The maximum atomic E-state index is 4.30. The lowest BCUT2D eigenvalue weighted by Gasteiger charge is -2.31. The number of rotatable bonds is 4. The van der Waals surface area contributed by atoms with E-state index in [1.54, 1.807) is 6.33 Å². The van der Waals surface area contributed by atoms with Gasteiger partial charge in [0.1, 0.15) is 12.2 Å². The van der Waals surface area contributed by atoms with E-state index in [0.29, 0.717) is 12.0 Å². The van der Waals surface area contributed by atoms with Crippen molar-refractivity contribution in [1.82, 2.24) is 20.5 Å². The van der Waals surface area contributed by atoms with Crippen LogP contribution in [0.4, 0.5) is 0 Å². The second-order valence-electron chi connectivity index (χ2n) is 4.93. The van der Waals surface area contributed by atoms with Crippen LogP contribution in [0.25, 0.3) is 0 Å². The van der Waals surface area contributed by atoms with Crippen LogP contribution in [0.1, 0.15) is 51.4 Å². The number of nitrogens with one attached hydrogen (secondary N) is 2. The number of nitrogens with zero attached hydrogens (tertiary/aromatic N) is 2. The first-order chi connectivity index (χ1) is 7.81. The summed E-state index contributed by atoms with van der Waals surface area (Å²) in [5.41, 5.74) is 0. The van der Waals surface area contributed by atoms with Gasteiger partial charge in [-0.3, -0.25) is 5.10 Å². The zero-order valence-electron chi connectivity index (χ0n) is 10.2. The molecule has 1 aromatic heterocycles. The second kappa shape index (κ2) is 5.43. The predicted molar refractivity (Wildman–Crippen MR) is 63.9 cm³/mol. The molecule has 4 nitrogen and oxygen atoms in total. The summed E-state index contributed by atoms with van der Waals surface area (Å²) in [7, 11) is 0. The zero-order valence-corrected chi connectivity index (χ0v) is 10.2. The summed E-state index contributed by atoms with van der Waals surface area (Å²) in [4.78, 5) is 4.30. The van der Waals surface area contributed by atoms with E-state index in [2.05, 4.69) is 34.3 Å². The van der Waals surface area contributed by atoms with Gasteiger partial charge in [-0.25, -0.2) is 4.98 Å². The topological polar surface area (TPSA) is 53.6 Å². The van der Waals surface area contributed by atoms with Crippen LogP contribution in [0.2, 0.25) is 0 Å². The Bertz CT molecular complexity index is 288. The van der Waals surface area contributed by atoms with Gasteiger partial charge in [0.05, 0.1) is 6.04 Å². The smallest absolute Gasteiger partial charge is 0.141 e. The molecule has 1 aliphatic carbocycles. The highest BCUT2D eigenvalue weighted by atomic mass is 15.2. The van der Waals surface area contributed by atoms with E-state index in [1.807, 2.05) is 0 Å². The van der Waals surface area contributed by atoms with E-state index < -0.39 is 0 Å². The Hall–Kier alpha value is -0.900. The maximum Gasteiger partial charge on any atom is 0.141 e. The minimum absolute atomic E-state index is 0.361. The average molecular weight is 222 g/mol. The minimum Gasteiger partial charge on any atom is -0.307 e. The van der Waals surface area contributed by atoms with Crippen molar-refractivity contribution >= 4 is 0 Å². The van der Waals surface area contributed by atoms with Crippen LogP contribution in [0.15, 0.2) is 6.33 Å². The Morgan fingerprint density at radius 2 is 2.19 bits per heavy atom. The van der Waals surface area contributed by atoms with Gasteiger partial charge in [0, 0.05) is 0 Å². The highest BCUT2D eigenvalue weighted by Crippen LogP contribution is 2.35. The van der Waals surface area contributed by atoms with Gasteiger partial charge >= 0.3 is 0 Å². The van der Waals surface area contributed by atoms with Crippen LogP contribution in [0, 0.1) is 11.8 Å². The molecule has 1 unspecified atom stereocenters. The molecule has 1 atom stereocenters. The average Bonchev–Trinajstić information content (AvgIpc) is 2.81. The molecular formula is C12H22N4. The molecule has 1 heterocycles. The first kappa shape index (κ1) is 11.6. The van der Waals surface area contributed by atoms with E-state index in [1.165, 1.54) is 25.7 Å². The lowest BCUT2D eigenvalue weighted by molar-refractivity contribution is 0.227. The SMILES string of the molecule is CCNC(c1ncn[nH]1)C1CCC(C)CC1. The van der Waals surface area contributed by atoms with Crippen LogP contribution in [0.3, 0.4) is 0 Å². The van der Waals surface area contributed by atoms with Crippen LogP contribution in [-0.4, -0.2) is 21.7 Å². The largest absolute Gasteiger partial charge is 0.307 e. The van der Waals surface area contributed by atoms with E-state index in [4.69, 9.17) is 0 Å². The van der Waals surface area contributed by atoms with E-state index in [-0.39, 0.29) is 0 Å². The standard InChI is InChI=1S/C12H22N4/c1-3-13-11(12-14-8-15-16-12)10-6-4-9(2)5-7-10/h8-11,13H,3-7H2,1-2H3,(H,14,15,16). The van der Waals surface area contributed by atoms with Gasteiger partial charge in [0.25, 0.3) is 0 Å². The molecule has 2 N–H and O–H groups in total. The maximum absolute atomic E-state index is 4.30. The normalized spacial score (nSPS) is 27.9. The molecule has 1 aromatic rings. The molecule has 0 radical (unpaired) electrons. The third kappa shape index (κ3) is 2.61. The molecule has 0 amide bonds. The molecule has 0 aromatic carbocycles. The first-order valence-corrected chi connectivity index (χ1v) is 6.40. The Kier molecular flexibility index (Phi) is 3.93. The van der Waals surface area contributed by atoms with E-state index in [9.17, 15) is 0 Å². The Labute approximate surface area is 97.2 Å². The van der Waals surface area contributed by atoms with Gasteiger partial charge in [-0.2, -0.15) is 5.10 Å². The molecule has 0 spiro atoms. The zero-order chi connectivity index (χ0) is 11.4. The molecule has 90 valence electrons. The van der Waals surface area contributed by atoms with Crippen LogP contribution < -0.4 is 5.32 Å². The van der Waals surface area contributed by atoms with Crippen molar-refractivity contribution in [2.24, 2.45) is 11.8 Å². The number of hydrogen-bond donors (Lipinski definition) is 2. The van der Waals surface area contributed by atoms with Crippen LogP contribution in [0.5, 0.6) is 0 Å². The summed E-state index contributed by atoms with van der Waals surface area (Å²) >= 11 is 0. The highest BCUT2D eigenvalue weighted by Gasteiger charge is 2.28. The molecule has 2 rings (SSSR count). The predicted octanol–water partition coefficient (Wildman–Crippen LogP) is 2.28. The number of aromatic amines is 1. The minimum atomic E-state index is 0.361. The van der Waals surface area contributed by atoms with Crippen LogP contribution in [-0.2, 0) is 0 Å². The monoisotopic (exact) mass is 222 g/mol. The van der Waals surface area contributed by atoms with Gasteiger partial charge in [0.2, 0.25) is 0 Å². The molecule has 4 heteroatoms. The van der Waals surface area contributed by atoms with Gasteiger partial charge in [-0.1, -0.05) is 26.7 Å². The summed E-state index contributed by atoms with van der Waals surface area (Å²) in [6.45, 7) is 5.49. The summed E-state index contributed by atoms with van der Waals surface area (Å²) < 4.78 is 0. The van der Waals surface area contributed by atoms with Crippen molar-refractivity contribution in [1.29, 1.82) is 0 Å². The molecule has 16 heavy (non-hydrogen) atoms. The van der Waals surface area contributed by atoms with E-state index >= 15 is 0 Å². The lowest BCUT2D eigenvalue weighted by Crippen LogP contribution is -2.31. The molecule has 0 saturated heterocycles. The van der Waals surface area contributed by atoms with Gasteiger partial charge in [-0.15, -0.1) is 0 Å². The fourth-order valence-corrected chi connectivity index (χ4v) is 2.69. The molecular weight excluding hydrogens is 200 g/mol. The quantitative estimate of drug-likeness (QED) is 0.821. The van der Waals surface area contributed by atoms with Crippen molar-refractivity contribution in [3.63, 3.8) is 0 Å². The second-order valence-corrected chi connectivity index (χ2v) is 4.93. The molecule has 0 bridgehead atoms. The summed E-state index contributed by atoms with van der Waals surface area (Å²) in [5.74, 6) is 2.61. The lowest BCUT2D eigenvalue weighted by atomic mass is 9.79. The van der Waals surface area contributed by atoms with E-state index in [0.717, 1.165) is 18.3 Å². The Balaban J connectivity index is 2.02. The Morgan fingerprint density at radius 1 is 1.44 bits per heavy atom. The van der Waals surface area contributed by atoms with Crippen molar-refractivity contribution in [2.75, 3.05) is 6.54 Å². The van der Waals surface area contributed by atoms with Crippen molar-refractivity contribution in [3.05, 3.63) is 12.2 Å². The van der Waals surface area contributed by atoms with Gasteiger partial charge < -0.3 is 5.32 Å². The number of aromatic nitrogens is 3. The summed E-state index contributed by atoms with van der Waals surface area (Å²) in [6, 6.07) is 0.361. The summed E-state index contributed by atoms with van der Waals surface area (Å²) in [6.07, 6.45) is 6.91. The Morgan fingerprint density at radius 3 is 2.75 bits per heavy atom. The third-order valence-corrected chi connectivity index (χ3v) is 3.68. The van der Waals surface area contributed by atoms with Crippen molar-refractivity contribution < 1.29 is 0 Å². The fraction of sp³-hybridized carbons (Fsp3) is 0.833. The summed E-state index contributed by atoms with van der Waals surface area (Å²) in [5, 5.41) is 10.5. The number of hydrogen-bond acceptors (Lipinski definition) is 3. The molecule has 1 saturated carbocycles. The first-order valence-electron chi connectivity index (χ1n) is 6.40. The fourth-order valence-electron chi connectivity index (χ4n) is 2.69. The van der Waals surface area contributed by atoms with Crippen LogP contribution >= 0.6 is 0 Å².